The van der Waals surface area contributed by atoms with Crippen LogP contribution in [0.15, 0.2) is 5.16 Å². The largest absolute Gasteiger partial charge is 0.382 e. The molecule has 3 heterocycles. The molecule has 3 aliphatic heterocycles. The fourth-order valence-corrected chi connectivity index (χ4v) is 3.67. The zero-order valence-electron chi connectivity index (χ0n) is 14.6. The predicted molar refractivity (Wildman–Crippen MR) is 86.2 cm³/mol. The maximum atomic E-state index is 12.6. The number of hydrogen-bond donors (Lipinski definition) is 0. The first-order valence-corrected chi connectivity index (χ1v) is 8.35. The third-order valence-electron chi connectivity index (χ3n) is 5.45. The first kappa shape index (κ1) is 16.7. The van der Waals surface area contributed by atoms with Gasteiger partial charge in [0.05, 0.1) is 5.71 Å². The number of amides is 4. The molecule has 0 N–H and O–H groups in total. The Labute approximate surface area is 141 Å². The highest BCUT2D eigenvalue weighted by Gasteiger charge is 2.55. The molecule has 8 heteroatoms. The molecule has 1 atom stereocenters. The summed E-state index contributed by atoms with van der Waals surface area (Å²) in [6.45, 7) is 4.92. The molecule has 4 amide bonds. The van der Waals surface area contributed by atoms with Crippen LogP contribution in [0.2, 0.25) is 0 Å². The number of piperidine rings is 1. The summed E-state index contributed by atoms with van der Waals surface area (Å²) in [7, 11) is 3.16. The third kappa shape index (κ3) is 2.35. The van der Waals surface area contributed by atoms with Gasteiger partial charge in [-0.1, -0.05) is 19.0 Å². The summed E-state index contributed by atoms with van der Waals surface area (Å²) in [4.78, 5) is 46.8. The molecule has 2 fully saturated rings. The Morgan fingerprint density at radius 1 is 1.25 bits per heavy atom. The van der Waals surface area contributed by atoms with E-state index in [0.29, 0.717) is 32.4 Å². The molecular formula is C16H24N4O4. The zero-order valence-corrected chi connectivity index (χ0v) is 14.6. The van der Waals surface area contributed by atoms with Gasteiger partial charge in [-0.15, -0.1) is 0 Å². The molecule has 24 heavy (non-hydrogen) atoms. The summed E-state index contributed by atoms with van der Waals surface area (Å²) in [6, 6.07) is -0.283. The highest BCUT2D eigenvalue weighted by molar-refractivity contribution is 6.06. The Morgan fingerprint density at radius 3 is 2.33 bits per heavy atom. The lowest BCUT2D eigenvalue weighted by atomic mass is 9.86. The predicted octanol–water partition coefficient (Wildman–Crippen LogP) is 0.672. The maximum Gasteiger partial charge on any atom is 0.327 e. The smallest absolute Gasteiger partial charge is 0.327 e. The number of urea groups is 1. The van der Waals surface area contributed by atoms with Gasteiger partial charge in [-0.25, -0.2) is 4.79 Å². The van der Waals surface area contributed by atoms with Crippen molar-refractivity contribution in [1.82, 2.24) is 14.7 Å². The van der Waals surface area contributed by atoms with Gasteiger partial charge in [-0.05, 0) is 18.8 Å². The number of nitrogens with zero attached hydrogens (tertiary/aromatic N) is 4. The molecule has 0 bridgehead atoms. The summed E-state index contributed by atoms with van der Waals surface area (Å²) in [5.74, 6) is 0.000377. The minimum atomic E-state index is -0.807. The molecule has 0 saturated carbocycles. The van der Waals surface area contributed by atoms with E-state index in [1.165, 1.54) is 16.8 Å². The van der Waals surface area contributed by atoms with Crippen LogP contribution < -0.4 is 0 Å². The normalized spacial score (nSPS) is 26.5. The lowest BCUT2D eigenvalue weighted by Crippen LogP contribution is -2.57. The van der Waals surface area contributed by atoms with Gasteiger partial charge in [-0.2, -0.15) is 0 Å². The topological polar surface area (TPSA) is 82.5 Å². The van der Waals surface area contributed by atoms with Gasteiger partial charge in [-0.3, -0.25) is 14.5 Å². The van der Waals surface area contributed by atoms with Crippen molar-refractivity contribution in [3.63, 3.8) is 0 Å². The lowest BCUT2D eigenvalue weighted by molar-refractivity contribution is -0.147. The molecule has 3 aliphatic rings. The van der Waals surface area contributed by atoms with Crippen LogP contribution in [0.25, 0.3) is 0 Å². The number of rotatable bonds is 2. The van der Waals surface area contributed by atoms with E-state index in [9.17, 15) is 14.4 Å². The number of hydrogen-bond acceptors (Lipinski definition) is 5. The van der Waals surface area contributed by atoms with E-state index in [2.05, 4.69) is 5.16 Å². The molecule has 0 aliphatic carbocycles. The van der Waals surface area contributed by atoms with E-state index in [1.54, 1.807) is 11.9 Å². The molecule has 0 aromatic rings. The summed E-state index contributed by atoms with van der Waals surface area (Å²) in [5, 5.41) is 4.00. The van der Waals surface area contributed by atoms with Crippen LogP contribution in [-0.2, 0) is 14.4 Å². The first-order chi connectivity index (χ1) is 11.3. The van der Waals surface area contributed by atoms with Gasteiger partial charge in [0.1, 0.15) is 5.54 Å². The average Bonchev–Trinajstić information content (AvgIpc) is 3.13. The van der Waals surface area contributed by atoms with Crippen molar-refractivity contribution in [2.24, 2.45) is 11.1 Å². The molecule has 3 rings (SSSR count). The van der Waals surface area contributed by atoms with Crippen LogP contribution in [0.3, 0.4) is 0 Å². The van der Waals surface area contributed by atoms with Crippen LogP contribution in [0.4, 0.5) is 4.79 Å². The van der Waals surface area contributed by atoms with E-state index in [-0.39, 0.29) is 23.8 Å². The highest BCUT2D eigenvalue weighted by atomic mass is 16.6. The minimum absolute atomic E-state index is 0.0861. The van der Waals surface area contributed by atoms with Gasteiger partial charge in [0.15, 0.2) is 0 Å². The fraction of sp³-hybridized carbons (Fsp3) is 0.750. The SMILES string of the molecule is CC(C)C1=NOC(C(=O)N2CCC3(CC2)C(=O)N(C)C(=O)N3C)C1. The number of carbonyl (C=O) groups is 3. The van der Waals surface area contributed by atoms with E-state index in [1.807, 2.05) is 13.8 Å². The van der Waals surface area contributed by atoms with Crippen molar-refractivity contribution in [1.29, 1.82) is 0 Å². The van der Waals surface area contributed by atoms with Crippen molar-refractivity contribution in [3.05, 3.63) is 0 Å². The van der Waals surface area contributed by atoms with Gasteiger partial charge in [0, 0.05) is 33.6 Å². The second-order valence-electron chi connectivity index (χ2n) is 7.10. The fourth-order valence-electron chi connectivity index (χ4n) is 3.67. The molecule has 0 radical (unpaired) electrons. The average molecular weight is 336 g/mol. The van der Waals surface area contributed by atoms with Gasteiger partial charge >= 0.3 is 6.03 Å². The first-order valence-electron chi connectivity index (χ1n) is 8.35. The Balaban J connectivity index is 1.63. The van der Waals surface area contributed by atoms with Crippen molar-refractivity contribution in [3.8, 4) is 0 Å². The number of oxime groups is 1. The van der Waals surface area contributed by atoms with E-state index < -0.39 is 11.6 Å². The van der Waals surface area contributed by atoms with E-state index in [4.69, 9.17) is 4.84 Å². The molecule has 8 nitrogen and oxygen atoms in total. The van der Waals surface area contributed by atoms with Crippen LogP contribution in [0.1, 0.15) is 33.1 Å². The molecule has 132 valence electrons. The Hall–Kier alpha value is -2.12. The zero-order chi connectivity index (χ0) is 17.6. The molecule has 0 aromatic carbocycles. The number of likely N-dealkylation sites (tertiary alicyclic amines) is 1. The lowest BCUT2D eigenvalue weighted by Gasteiger charge is -2.41. The molecule has 1 unspecified atom stereocenters. The summed E-state index contributed by atoms with van der Waals surface area (Å²) in [5.41, 5.74) is 0.0957. The quantitative estimate of drug-likeness (QED) is 0.694. The van der Waals surface area contributed by atoms with Crippen LogP contribution in [0, 0.1) is 5.92 Å². The number of likely N-dealkylation sites (N-methyl/N-ethyl adjacent to an activating group) is 2. The molecule has 2 saturated heterocycles. The molecular weight excluding hydrogens is 312 g/mol. The standard InChI is InChI=1S/C16H24N4O4/c1-10(2)11-9-12(24-17-11)13(21)20-7-5-16(6-8-20)14(22)18(3)15(23)19(16)4/h10,12H,5-9H2,1-4H3. The summed E-state index contributed by atoms with van der Waals surface area (Å²) >= 11 is 0. The van der Waals surface area contributed by atoms with Crippen molar-refractivity contribution in [2.75, 3.05) is 27.2 Å². The highest BCUT2D eigenvalue weighted by Crippen LogP contribution is 2.35. The summed E-state index contributed by atoms with van der Waals surface area (Å²) in [6.07, 6.45) is 0.875. The van der Waals surface area contributed by atoms with E-state index in [0.717, 1.165) is 5.71 Å². The molecule has 1 spiro atoms. The van der Waals surface area contributed by atoms with Crippen molar-refractivity contribution >= 4 is 23.6 Å². The number of imide groups is 1. The van der Waals surface area contributed by atoms with Crippen LogP contribution in [-0.4, -0.2) is 77.1 Å². The summed E-state index contributed by atoms with van der Waals surface area (Å²) < 4.78 is 0. The van der Waals surface area contributed by atoms with Crippen molar-refractivity contribution < 1.29 is 19.2 Å². The Bertz CT molecular complexity index is 607. The maximum absolute atomic E-state index is 12.6. The third-order valence-corrected chi connectivity index (χ3v) is 5.45. The van der Waals surface area contributed by atoms with Gasteiger partial charge < -0.3 is 14.6 Å². The van der Waals surface area contributed by atoms with Crippen LogP contribution in [0.5, 0.6) is 0 Å². The van der Waals surface area contributed by atoms with Crippen molar-refractivity contribution in [2.45, 2.75) is 44.8 Å². The molecule has 0 aromatic heterocycles. The second-order valence-corrected chi connectivity index (χ2v) is 7.10. The Morgan fingerprint density at radius 2 is 1.88 bits per heavy atom. The minimum Gasteiger partial charge on any atom is -0.382 e. The van der Waals surface area contributed by atoms with Gasteiger partial charge in [0.2, 0.25) is 6.10 Å². The van der Waals surface area contributed by atoms with E-state index >= 15 is 0 Å². The number of carbonyl (C=O) groups excluding carboxylic acids is 3. The van der Waals surface area contributed by atoms with Crippen LogP contribution >= 0.6 is 0 Å². The van der Waals surface area contributed by atoms with Gasteiger partial charge in [0.25, 0.3) is 11.8 Å². The Kier molecular flexibility index (Phi) is 4.01. The second kappa shape index (κ2) is 5.75. The monoisotopic (exact) mass is 336 g/mol.